The zero-order valence-corrected chi connectivity index (χ0v) is 17.1. The van der Waals surface area contributed by atoms with Gasteiger partial charge in [0.2, 0.25) is 0 Å². The molecule has 0 saturated carbocycles. The van der Waals surface area contributed by atoms with Gasteiger partial charge in [-0.15, -0.1) is 23.8 Å². The van der Waals surface area contributed by atoms with Crippen LogP contribution in [0.15, 0.2) is 43.0 Å². The fraction of sp³-hybridized carbons (Fsp3) is 0.200. The molecule has 129 valence electrons. The third-order valence-electron chi connectivity index (χ3n) is 4.42. The van der Waals surface area contributed by atoms with Gasteiger partial charge in [-0.3, -0.25) is 9.97 Å². The summed E-state index contributed by atoms with van der Waals surface area (Å²) < 4.78 is 4.17. The first-order valence-corrected chi connectivity index (χ1v) is 7.99. The monoisotopic (exact) mass is 508 g/mol. The Bertz CT molecular complexity index is 1040. The van der Waals surface area contributed by atoms with Crippen LogP contribution < -0.4 is 0 Å². The predicted molar refractivity (Wildman–Crippen MR) is 96.3 cm³/mol. The second-order valence-electron chi connectivity index (χ2n) is 6.34. The van der Waals surface area contributed by atoms with Gasteiger partial charge in [-0.05, 0) is 37.4 Å². The SMILES string of the molecule is Cc1cc(C)c(-n2ccnc2-c2[c-]cc3ncn(C)c3c2)c(C)c1.[Ir]. The van der Waals surface area contributed by atoms with Crippen molar-refractivity contribution in [3.8, 4) is 17.1 Å². The molecule has 5 heteroatoms. The molecule has 0 aliphatic rings. The molecule has 0 aliphatic carbocycles. The predicted octanol–water partition coefficient (Wildman–Crippen LogP) is 4.15. The van der Waals surface area contributed by atoms with Crippen LogP contribution in [0.1, 0.15) is 16.7 Å². The van der Waals surface area contributed by atoms with Gasteiger partial charge in [0, 0.05) is 50.8 Å². The number of aryl methyl sites for hydroxylation is 4. The van der Waals surface area contributed by atoms with Crippen LogP contribution in [0.3, 0.4) is 0 Å². The molecule has 25 heavy (non-hydrogen) atoms. The average Bonchev–Trinajstić information content (AvgIpc) is 3.14. The fourth-order valence-electron chi connectivity index (χ4n) is 3.43. The van der Waals surface area contributed by atoms with E-state index in [2.05, 4.69) is 59.6 Å². The second-order valence-corrected chi connectivity index (χ2v) is 6.34. The number of fused-ring (bicyclic) bond motifs is 1. The molecule has 2 heterocycles. The number of hydrogen-bond donors (Lipinski definition) is 0. The molecule has 0 fully saturated rings. The number of benzene rings is 2. The minimum absolute atomic E-state index is 0. The van der Waals surface area contributed by atoms with Crippen LogP contribution in [0, 0.1) is 26.8 Å². The van der Waals surface area contributed by atoms with Gasteiger partial charge in [0.05, 0.1) is 12.2 Å². The number of nitrogens with zero attached hydrogens (tertiary/aromatic N) is 4. The van der Waals surface area contributed by atoms with E-state index < -0.39 is 0 Å². The van der Waals surface area contributed by atoms with Gasteiger partial charge >= 0.3 is 0 Å². The Hall–Kier alpha value is -2.23. The number of imidazole rings is 2. The summed E-state index contributed by atoms with van der Waals surface area (Å²) in [5, 5.41) is 0. The largest absolute Gasteiger partial charge is 0.352 e. The average molecular weight is 508 g/mol. The molecule has 0 unspecified atom stereocenters. The molecule has 0 atom stereocenters. The molecular weight excluding hydrogens is 488 g/mol. The molecule has 1 radical (unpaired) electrons. The Morgan fingerprint density at radius 2 is 1.72 bits per heavy atom. The van der Waals surface area contributed by atoms with E-state index in [0.29, 0.717) is 0 Å². The van der Waals surface area contributed by atoms with Gasteiger partial charge in [0.1, 0.15) is 0 Å². The summed E-state index contributed by atoms with van der Waals surface area (Å²) in [6, 6.07) is 11.8. The van der Waals surface area contributed by atoms with E-state index in [-0.39, 0.29) is 20.1 Å². The van der Waals surface area contributed by atoms with E-state index >= 15 is 0 Å². The quantitative estimate of drug-likeness (QED) is 0.382. The van der Waals surface area contributed by atoms with Crippen LogP contribution in [0.25, 0.3) is 28.1 Å². The first-order chi connectivity index (χ1) is 11.5. The molecule has 2 aromatic carbocycles. The molecule has 0 aliphatic heterocycles. The van der Waals surface area contributed by atoms with Crippen molar-refractivity contribution in [3.63, 3.8) is 0 Å². The molecule has 0 bridgehead atoms. The van der Waals surface area contributed by atoms with Crippen LogP contribution in [-0.2, 0) is 27.2 Å². The molecule has 0 amide bonds. The summed E-state index contributed by atoms with van der Waals surface area (Å²) in [5.74, 6) is 0.896. The summed E-state index contributed by atoms with van der Waals surface area (Å²) >= 11 is 0. The zero-order chi connectivity index (χ0) is 16.8. The van der Waals surface area contributed by atoms with E-state index in [1.54, 1.807) is 0 Å². The van der Waals surface area contributed by atoms with Gasteiger partial charge in [-0.1, -0.05) is 17.7 Å². The molecule has 0 saturated heterocycles. The molecule has 0 N–H and O–H groups in total. The third kappa shape index (κ3) is 2.94. The van der Waals surface area contributed by atoms with E-state index in [4.69, 9.17) is 0 Å². The van der Waals surface area contributed by atoms with Gasteiger partial charge in [-0.25, -0.2) is 0 Å². The normalized spacial score (nSPS) is 10.9. The second kappa shape index (κ2) is 6.58. The van der Waals surface area contributed by atoms with Crippen molar-refractivity contribution in [2.75, 3.05) is 0 Å². The van der Waals surface area contributed by atoms with E-state index in [1.807, 2.05) is 36.4 Å². The first-order valence-electron chi connectivity index (χ1n) is 7.99. The van der Waals surface area contributed by atoms with Crippen LogP contribution in [0.2, 0.25) is 0 Å². The van der Waals surface area contributed by atoms with Gasteiger partial charge in [0.25, 0.3) is 0 Å². The van der Waals surface area contributed by atoms with Crippen molar-refractivity contribution in [1.82, 2.24) is 19.1 Å². The van der Waals surface area contributed by atoms with E-state index in [0.717, 1.165) is 22.4 Å². The van der Waals surface area contributed by atoms with Crippen molar-refractivity contribution >= 4 is 11.0 Å². The zero-order valence-electron chi connectivity index (χ0n) is 14.7. The Balaban J connectivity index is 0.00000182. The van der Waals surface area contributed by atoms with Crippen LogP contribution in [-0.4, -0.2) is 19.1 Å². The van der Waals surface area contributed by atoms with E-state index in [1.165, 1.54) is 22.4 Å². The summed E-state index contributed by atoms with van der Waals surface area (Å²) in [6.45, 7) is 6.42. The number of rotatable bonds is 2. The summed E-state index contributed by atoms with van der Waals surface area (Å²) in [4.78, 5) is 8.95. The van der Waals surface area contributed by atoms with Crippen LogP contribution in [0.4, 0.5) is 0 Å². The Kier molecular flexibility index (Phi) is 4.63. The van der Waals surface area contributed by atoms with Gasteiger partial charge < -0.3 is 9.13 Å². The molecule has 4 rings (SSSR count). The molecule has 2 aromatic heterocycles. The van der Waals surface area contributed by atoms with Gasteiger partial charge in [0.15, 0.2) is 0 Å². The van der Waals surface area contributed by atoms with E-state index in [9.17, 15) is 0 Å². The van der Waals surface area contributed by atoms with Gasteiger partial charge in [-0.2, -0.15) is 0 Å². The third-order valence-corrected chi connectivity index (χ3v) is 4.42. The standard InChI is InChI=1S/C20H19N4.Ir/c1-13-9-14(2)19(15(3)10-13)24-8-7-21-20(24)16-5-6-17-18(11-16)23(4)12-22-17;/h6-12H,1-4H3;/q-1;. The maximum absolute atomic E-state index is 4.59. The van der Waals surface area contributed by atoms with Crippen LogP contribution in [0.5, 0.6) is 0 Å². The van der Waals surface area contributed by atoms with Crippen molar-refractivity contribution in [2.45, 2.75) is 20.8 Å². The summed E-state index contributed by atoms with van der Waals surface area (Å²) in [7, 11) is 2.00. The minimum atomic E-state index is 0. The van der Waals surface area contributed by atoms with Crippen molar-refractivity contribution in [1.29, 1.82) is 0 Å². The minimum Gasteiger partial charge on any atom is -0.352 e. The smallest absolute Gasteiger partial charge is 0.0833 e. The van der Waals surface area contributed by atoms with Crippen molar-refractivity contribution in [2.24, 2.45) is 7.05 Å². The maximum Gasteiger partial charge on any atom is 0.0833 e. The topological polar surface area (TPSA) is 35.6 Å². The maximum atomic E-state index is 4.59. The molecular formula is C20H19IrN4-. The van der Waals surface area contributed by atoms with Crippen molar-refractivity contribution < 1.29 is 20.1 Å². The molecule has 4 nitrogen and oxygen atoms in total. The number of aromatic nitrogens is 4. The number of hydrogen-bond acceptors (Lipinski definition) is 2. The molecule has 0 spiro atoms. The van der Waals surface area contributed by atoms with Crippen LogP contribution >= 0.6 is 0 Å². The fourth-order valence-corrected chi connectivity index (χ4v) is 3.43. The summed E-state index contributed by atoms with van der Waals surface area (Å²) in [6.07, 6.45) is 5.68. The Morgan fingerprint density at radius 1 is 1.00 bits per heavy atom. The van der Waals surface area contributed by atoms with Crippen molar-refractivity contribution in [3.05, 3.63) is 65.7 Å². The molecule has 4 aromatic rings. The Morgan fingerprint density at radius 3 is 2.44 bits per heavy atom. The summed E-state index contributed by atoms with van der Waals surface area (Å²) in [5.41, 5.74) is 7.94. The Labute approximate surface area is 160 Å². The first kappa shape index (κ1) is 17.6.